The van der Waals surface area contributed by atoms with Crippen LogP contribution >= 0.6 is 24.0 Å². The van der Waals surface area contributed by atoms with E-state index in [1.54, 1.807) is 30.3 Å². The van der Waals surface area contributed by atoms with Crippen LogP contribution in [-0.2, 0) is 4.79 Å². The summed E-state index contributed by atoms with van der Waals surface area (Å²) in [4.78, 5) is 25.3. The van der Waals surface area contributed by atoms with Crippen LogP contribution in [-0.4, -0.2) is 15.2 Å². The molecule has 1 aliphatic rings. The largest absolute Gasteiger partial charge is 0.457 e. The molecule has 0 N–H and O–H groups in total. The number of aryl methyl sites for hydroxylation is 1. The summed E-state index contributed by atoms with van der Waals surface area (Å²) in [6.45, 7) is 1.98. The zero-order valence-electron chi connectivity index (χ0n) is 15.2. The second-order valence-electron chi connectivity index (χ2n) is 6.36. The molecule has 0 atom stereocenters. The normalized spacial score (nSPS) is 15.3. The number of hydrogen-bond donors (Lipinski definition) is 0. The molecule has 0 unspecified atom stereocenters. The van der Waals surface area contributed by atoms with E-state index in [0.29, 0.717) is 26.3 Å². The standard InChI is InChI=1S/C21H14N2O4S2/c1-13-5-7-15(8-6-13)22-20(24)19(29-21(22)28)12-17-9-10-18(27-17)14-3-2-4-16(11-14)23(25)26/h2-12H,1H3. The van der Waals surface area contributed by atoms with E-state index < -0.39 is 4.92 Å². The van der Waals surface area contributed by atoms with Gasteiger partial charge in [0.25, 0.3) is 11.6 Å². The molecule has 0 aliphatic carbocycles. The maximum absolute atomic E-state index is 12.8. The number of anilines is 1. The van der Waals surface area contributed by atoms with Crippen molar-refractivity contribution in [2.45, 2.75) is 6.92 Å². The van der Waals surface area contributed by atoms with Crippen LogP contribution in [0.3, 0.4) is 0 Å². The van der Waals surface area contributed by atoms with Crippen molar-refractivity contribution in [1.82, 2.24) is 0 Å². The molecule has 1 saturated heterocycles. The Hall–Kier alpha value is -3.23. The first-order chi connectivity index (χ1) is 13.9. The van der Waals surface area contributed by atoms with Crippen molar-refractivity contribution < 1.29 is 14.1 Å². The lowest BCUT2D eigenvalue weighted by molar-refractivity contribution is -0.384. The van der Waals surface area contributed by atoms with E-state index in [0.717, 1.165) is 11.3 Å². The number of non-ortho nitro benzene ring substituents is 1. The van der Waals surface area contributed by atoms with Crippen molar-refractivity contribution in [2.75, 3.05) is 4.90 Å². The van der Waals surface area contributed by atoms with Crippen LogP contribution in [0, 0.1) is 17.0 Å². The maximum Gasteiger partial charge on any atom is 0.270 e. The van der Waals surface area contributed by atoms with E-state index >= 15 is 0 Å². The lowest BCUT2D eigenvalue weighted by Gasteiger charge is -2.14. The lowest BCUT2D eigenvalue weighted by Crippen LogP contribution is -2.27. The monoisotopic (exact) mass is 422 g/mol. The first-order valence-corrected chi connectivity index (χ1v) is 9.84. The molecular formula is C21H14N2O4S2. The number of nitro groups is 1. The van der Waals surface area contributed by atoms with Crippen molar-refractivity contribution in [1.29, 1.82) is 0 Å². The number of rotatable bonds is 4. The summed E-state index contributed by atoms with van der Waals surface area (Å²) in [7, 11) is 0. The SMILES string of the molecule is Cc1ccc(N2C(=O)C(=Cc3ccc(-c4cccc([N+](=O)[O-])c4)o3)SC2=S)cc1. The number of nitro benzene ring substituents is 1. The Morgan fingerprint density at radius 1 is 1.14 bits per heavy atom. The van der Waals surface area contributed by atoms with Gasteiger partial charge in [-0.25, -0.2) is 0 Å². The molecule has 1 fully saturated rings. The molecule has 29 heavy (non-hydrogen) atoms. The number of furan rings is 1. The Bertz CT molecular complexity index is 1170. The van der Waals surface area contributed by atoms with E-state index in [4.69, 9.17) is 16.6 Å². The molecule has 144 valence electrons. The minimum absolute atomic E-state index is 0.0144. The zero-order chi connectivity index (χ0) is 20.5. The van der Waals surface area contributed by atoms with Crippen LogP contribution in [0.5, 0.6) is 0 Å². The van der Waals surface area contributed by atoms with Crippen LogP contribution in [0.4, 0.5) is 11.4 Å². The van der Waals surface area contributed by atoms with E-state index in [1.165, 1.54) is 28.8 Å². The van der Waals surface area contributed by atoms with Gasteiger partial charge in [0, 0.05) is 23.8 Å². The molecule has 4 rings (SSSR count). The van der Waals surface area contributed by atoms with Crippen LogP contribution in [0.2, 0.25) is 0 Å². The van der Waals surface area contributed by atoms with Gasteiger partial charge in [-0.15, -0.1) is 0 Å². The number of amides is 1. The molecule has 2 heterocycles. The number of hydrogen-bond acceptors (Lipinski definition) is 6. The molecule has 8 heteroatoms. The average molecular weight is 422 g/mol. The molecule has 0 saturated carbocycles. The molecule has 6 nitrogen and oxygen atoms in total. The Morgan fingerprint density at radius 3 is 2.62 bits per heavy atom. The Morgan fingerprint density at radius 2 is 1.90 bits per heavy atom. The number of carbonyl (C=O) groups excluding carboxylic acids is 1. The van der Waals surface area contributed by atoms with Crippen molar-refractivity contribution in [2.24, 2.45) is 0 Å². The van der Waals surface area contributed by atoms with Gasteiger partial charge in [-0.2, -0.15) is 0 Å². The fourth-order valence-electron chi connectivity index (χ4n) is 2.87. The summed E-state index contributed by atoms with van der Waals surface area (Å²) in [5.41, 5.74) is 2.39. The predicted octanol–water partition coefficient (Wildman–Crippen LogP) is 5.57. The molecule has 2 aromatic carbocycles. The zero-order valence-corrected chi connectivity index (χ0v) is 16.8. The second-order valence-corrected chi connectivity index (χ2v) is 8.04. The van der Waals surface area contributed by atoms with Crippen LogP contribution in [0.25, 0.3) is 17.4 Å². The summed E-state index contributed by atoms with van der Waals surface area (Å²) in [5, 5.41) is 11.0. The number of thiocarbonyl (C=S) groups is 1. The van der Waals surface area contributed by atoms with Crippen molar-refractivity contribution in [3.8, 4) is 11.3 Å². The van der Waals surface area contributed by atoms with Crippen molar-refractivity contribution in [3.63, 3.8) is 0 Å². The molecule has 0 radical (unpaired) electrons. The summed E-state index contributed by atoms with van der Waals surface area (Å²) >= 11 is 6.59. The Balaban J connectivity index is 1.60. The van der Waals surface area contributed by atoms with Gasteiger partial charge in [-0.1, -0.05) is 53.8 Å². The van der Waals surface area contributed by atoms with E-state index in [-0.39, 0.29) is 11.6 Å². The minimum Gasteiger partial charge on any atom is -0.457 e. The molecule has 3 aromatic rings. The fraction of sp³-hybridized carbons (Fsp3) is 0.0476. The molecular weight excluding hydrogens is 408 g/mol. The van der Waals surface area contributed by atoms with Crippen LogP contribution in [0.1, 0.15) is 11.3 Å². The number of nitrogens with zero attached hydrogens (tertiary/aromatic N) is 2. The summed E-state index contributed by atoms with van der Waals surface area (Å²) < 4.78 is 6.23. The van der Waals surface area contributed by atoms with Gasteiger partial charge in [0.2, 0.25) is 0 Å². The van der Waals surface area contributed by atoms with E-state index in [1.807, 2.05) is 31.2 Å². The number of thioether (sulfide) groups is 1. The van der Waals surface area contributed by atoms with Gasteiger partial charge in [0.05, 0.1) is 15.5 Å². The van der Waals surface area contributed by atoms with Crippen molar-refractivity contribution in [3.05, 3.63) is 87.0 Å². The smallest absolute Gasteiger partial charge is 0.270 e. The predicted molar refractivity (Wildman–Crippen MR) is 118 cm³/mol. The fourth-order valence-corrected chi connectivity index (χ4v) is 4.15. The van der Waals surface area contributed by atoms with Crippen LogP contribution < -0.4 is 4.90 Å². The second kappa shape index (κ2) is 7.65. The number of carbonyl (C=O) groups is 1. The molecule has 0 bridgehead atoms. The summed E-state index contributed by atoms with van der Waals surface area (Å²) in [6.07, 6.45) is 1.63. The topological polar surface area (TPSA) is 76.6 Å². The minimum atomic E-state index is -0.455. The highest BCUT2D eigenvalue weighted by atomic mass is 32.2. The van der Waals surface area contributed by atoms with Gasteiger partial charge < -0.3 is 4.42 Å². The first kappa shape index (κ1) is 19.1. The quantitative estimate of drug-likeness (QED) is 0.237. The third-order valence-corrected chi connectivity index (χ3v) is 5.63. The highest BCUT2D eigenvalue weighted by Crippen LogP contribution is 2.36. The average Bonchev–Trinajstić information content (AvgIpc) is 3.28. The van der Waals surface area contributed by atoms with Gasteiger partial charge in [0.15, 0.2) is 4.32 Å². The highest BCUT2D eigenvalue weighted by molar-refractivity contribution is 8.27. The molecule has 1 amide bonds. The third-order valence-electron chi connectivity index (χ3n) is 4.33. The van der Waals surface area contributed by atoms with E-state index in [2.05, 4.69) is 0 Å². The summed E-state index contributed by atoms with van der Waals surface area (Å²) in [6, 6.07) is 17.2. The van der Waals surface area contributed by atoms with Crippen molar-refractivity contribution >= 4 is 51.7 Å². The molecule has 1 aliphatic heterocycles. The third kappa shape index (κ3) is 3.85. The molecule has 1 aromatic heterocycles. The van der Waals surface area contributed by atoms with Crippen LogP contribution in [0.15, 0.2) is 70.0 Å². The Labute approximate surface area is 176 Å². The van der Waals surface area contributed by atoms with Gasteiger partial charge in [0.1, 0.15) is 11.5 Å². The Kier molecular flexibility index (Phi) is 5.04. The highest BCUT2D eigenvalue weighted by Gasteiger charge is 2.33. The maximum atomic E-state index is 12.8. The van der Waals surface area contributed by atoms with E-state index in [9.17, 15) is 14.9 Å². The number of benzene rings is 2. The van der Waals surface area contributed by atoms with Gasteiger partial charge in [-0.3, -0.25) is 19.8 Å². The van der Waals surface area contributed by atoms with Gasteiger partial charge >= 0.3 is 0 Å². The molecule has 0 spiro atoms. The lowest BCUT2D eigenvalue weighted by atomic mass is 10.1. The first-order valence-electron chi connectivity index (χ1n) is 8.62. The van der Waals surface area contributed by atoms with Gasteiger partial charge in [-0.05, 0) is 31.2 Å². The summed E-state index contributed by atoms with van der Waals surface area (Å²) in [5.74, 6) is 0.738.